The van der Waals surface area contributed by atoms with Gasteiger partial charge in [0.2, 0.25) is 6.79 Å². The Morgan fingerprint density at radius 1 is 1.04 bits per heavy atom. The highest BCUT2D eigenvalue weighted by atomic mass is 16.7. The third-order valence-electron chi connectivity index (χ3n) is 5.82. The molecule has 5 rings (SSSR count). The highest BCUT2D eigenvalue weighted by molar-refractivity contribution is 5.85. The number of rotatable bonds is 2. The molecule has 2 heterocycles. The zero-order valence-corrected chi connectivity index (χ0v) is 14.8. The fourth-order valence-electron chi connectivity index (χ4n) is 4.55. The average Bonchev–Trinajstić information content (AvgIpc) is 3.11. The van der Waals surface area contributed by atoms with Crippen molar-refractivity contribution < 1.29 is 23.8 Å². The lowest BCUT2D eigenvalue weighted by molar-refractivity contribution is -0.914. The first-order valence-corrected chi connectivity index (χ1v) is 8.74. The van der Waals surface area contributed by atoms with E-state index in [-0.39, 0.29) is 0 Å². The number of benzene rings is 2. The van der Waals surface area contributed by atoms with E-state index in [0.29, 0.717) is 12.8 Å². The van der Waals surface area contributed by atoms with Crippen molar-refractivity contribution in [2.45, 2.75) is 18.9 Å². The normalized spacial score (nSPS) is 22.2. The zero-order chi connectivity index (χ0) is 17.1. The van der Waals surface area contributed by atoms with Crippen LogP contribution in [-0.2, 0) is 12.8 Å². The molecule has 1 aliphatic carbocycles. The van der Waals surface area contributed by atoms with Gasteiger partial charge in [0, 0.05) is 24.0 Å². The number of ether oxygens (including phenoxy) is 4. The minimum Gasteiger partial charge on any atom is -0.493 e. The van der Waals surface area contributed by atoms with Crippen LogP contribution in [0.25, 0.3) is 11.1 Å². The number of nitrogens with one attached hydrogen (secondary N) is 1. The predicted octanol–water partition coefficient (Wildman–Crippen LogP) is 1.77. The lowest BCUT2D eigenvalue weighted by Gasteiger charge is -2.37. The first-order valence-electron chi connectivity index (χ1n) is 8.74. The van der Waals surface area contributed by atoms with Crippen molar-refractivity contribution in [2.24, 2.45) is 0 Å². The Labute approximate surface area is 147 Å². The molecule has 2 aromatic carbocycles. The van der Waals surface area contributed by atoms with Crippen molar-refractivity contribution in [1.82, 2.24) is 0 Å². The Kier molecular flexibility index (Phi) is 3.16. The van der Waals surface area contributed by atoms with Gasteiger partial charge in [-0.05, 0) is 34.9 Å². The van der Waals surface area contributed by atoms with E-state index >= 15 is 0 Å². The molecule has 0 radical (unpaired) electrons. The summed E-state index contributed by atoms with van der Waals surface area (Å²) in [5.74, 6) is 3.28. The fourth-order valence-corrected chi connectivity index (χ4v) is 4.55. The van der Waals surface area contributed by atoms with Gasteiger partial charge in [0.05, 0.1) is 27.8 Å². The molecule has 2 atom stereocenters. The summed E-state index contributed by atoms with van der Waals surface area (Å²) in [5.41, 5.74) is 6.48. The van der Waals surface area contributed by atoms with Gasteiger partial charge in [-0.2, -0.15) is 0 Å². The van der Waals surface area contributed by atoms with Crippen LogP contribution in [0.3, 0.4) is 0 Å². The van der Waals surface area contributed by atoms with Crippen LogP contribution >= 0.6 is 0 Å². The Morgan fingerprint density at radius 3 is 2.64 bits per heavy atom. The summed E-state index contributed by atoms with van der Waals surface area (Å²) >= 11 is 0. The maximum absolute atomic E-state index is 5.89. The molecule has 0 spiro atoms. The van der Waals surface area contributed by atoms with Crippen LogP contribution in [0.4, 0.5) is 0 Å². The van der Waals surface area contributed by atoms with Gasteiger partial charge in [-0.15, -0.1) is 0 Å². The van der Waals surface area contributed by atoms with E-state index < -0.39 is 0 Å². The maximum atomic E-state index is 5.89. The van der Waals surface area contributed by atoms with Crippen molar-refractivity contribution in [3.8, 4) is 34.1 Å². The molecule has 25 heavy (non-hydrogen) atoms. The minimum absolute atomic E-state index is 0.293. The summed E-state index contributed by atoms with van der Waals surface area (Å²) in [5, 5.41) is 0. The highest BCUT2D eigenvalue weighted by Gasteiger charge is 2.40. The molecule has 0 fully saturated rings. The first-order chi connectivity index (χ1) is 12.2. The van der Waals surface area contributed by atoms with Gasteiger partial charge in [0.1, 0.15) is 6.04 Å². The standard InChI is InChI=1S/C20H21NO4/c1-21-5-4-11-7-17-20(25-10-24-17)19-13-9-16(23-3)15(22-2)8-12(13)6-14(21)18(11)19/h7-9,14H,4-6,10H2,1-3H3/p+1/t14-/m1/s1. The number of hydrogen-bond acceptors (Lipinski definition) is 4. The first kappa shape index (κ1) is 14.9. The second-order valence-electron chi connectivity index (χ2n) is 7.03. The summed E-state index contributed by atoms with van der Waals surface area (Å²) in [6, 6.07) is 6.84. The predicted molar refractivity (Wildman–Crippen MR) is 93.0 cm³/mol. The summed E-state index contributed by atoms with van der Waals surface area (Å²) in [6.07, 6.45) is 2.07. The van der Waals surface area contributed by atoms with Crippen LogP contribution < -0.4 is 23.8 Å². The van der Waals surface area contributed by atoms with Gasteiger partial charge in [-0.1, -0.05) is 0 Å². The molecule has 5 heteroatoms. The van der Waals surface area contributed by atoms with E-state index in [1.807, 2.05) is 0 Å². The third kappa shape index (κ3) is 1.99. The molecule has 2 aromatic rings. The molecule has 0 bridgehead atoms. The van der Waals surface area contributed by atoms with Crippen LogP contribution in [0.5, 0.6) is 23.0 Å². The van der Waals surface area contributed by atoms with Crippen molar-refractivity contribution in [3.63, 3.8) is 0 Å². The van der Waals surface area contributed by atoms with Crippen LogP contribution in [0.2, 0.25) is 0 Å². The van der Waals surface area contributed by atoms with Crippen molar-refractivity contribution in [2.75, 3.05) is 34.6 Å². The fraction of sp³-hybridized carbons (Fsp3) is 0.400. The van der Waals surface area contributed by atoms with Crippen LogP contribution in [0.15, 0.2) is 18.2 Å². The molecule has 0 saturated heterocycles. The Hall–Kier alpha value is -2.40. The van der Waals surface area contributed by atoms with Gasteiger partial charge < -0.3 is 23.8 Å². The van der Waals surface area contributed by atoms with Gasteiger partial charge in [-0.25, -0.2) is 0 Å². The Balaban J connectivity index is 1.83. The van der Waals surface area contributed by atoms with E-state index in [1.54, 1.807) is 19.1 Å². The number of quaternary nitrogens is 1. The molecule has 1 unspecified atom stereocenters. The molecular weight excluding hydrogens is 318 g/mol. The largest absolute Gasteiger partial charge is 0.493 e. The smallest absolute Gasteiger partial charge is 0.231 e. The van der Waals surface area contributed by atoms with Crippen molar-refractivity contribution >= 4 is 0 Å². The highest BCUT2D eigenvalue weighted by Crippen LogP contribution is 2.53. The molecule has 0 aromatic heterocycles. The van der Waals surface area contributed by atoms with Gasteiger partial charge in [0.15, 0.2) is 23.0 Å². The van der Waals surface area contributed by atoms with E-state index in [0.717, 1.165) is 42.4 Å². The number of fused-ring (bicyclic) bond motifs is 4. The monoisotopic (exact) mass is 340 g/mol. The van der Waals surface area contributed by atoms with Crippen LogP contribution in [-0.4, -0.2) is 34.6 Å². The second kappa shape index (κ2) is 5.30. The average molecular weight is 340 g/mol. The molecule has 130 valence electrons. The molecule has 0 amide bonds. The molecular formula is C20H22NO4+. The van der Waals surface area contributed by atoms with E-state index in [1.165, 1.54) is 27.8 Å². The van der Waals surface area contributed by atoms with Gasteiger partial charge in [0.25, 0.3) is 0 Å². The lowest BCUT2D eigenvalue weighted by atomic mass is 9.76. The number of likely N-dealkylation sites (N-methyl/N-ethyl adjacent to an activating group) is 1. The number of hydrogen-bond donors (Lipinski definition) is 1. The number of methoxy groups -OCH3 is 2. The second-order valence-corrected chi connectivity index (χ2v) is 7.03. The molecule has 3 aliphatic rings. The maximum Gasteiger partial charge on any atom is 0.231 e. The quantitative estimate of drug-likeness (QED) is 0.905. The lowest BCUT2D eigenvalue weighted by Crippen LogP contribution is -3.10. The van der Waals surface area contributed by atoms with E-state index in [9.17, 15) is 0 Å². The van der Waals surface area contributed by atoms with Crippen molar-refractivity contribution in [1.29, 1.82) is 0 Å². The summed E-state index contributed by atoms with van der Waals surface area (Å²) in [4.78, 5) is 1.55. The Bertz CT molecular complexity index is 877. The third-order valence-corrected chi connectivity index (χ3v) is 5.82. The summed E-state index contributed by atoms with van der Waals surface area (Å²) < 4.78 is 22.7. The van der Waals surface area contributed by atoms with E-state index in [2.05, 4.69) is 25.2 Å². The molecule has 5 nitrogen and oxygen atoms in total. The molecule has 2 aliphatic heterocycles. The van der Waals surface area contributed by atoms with Crippen LogP contribution in [0, 0.1) is 0 Å². The topological polar surface area (TPSA) is 41.4 Å². The van der Waals surface area contributed by atoms with Crippen LogP contribution in [0.1, 0.15) is 22.7 Å². The molecule has 0 saturated carbocycles. The van der Waals surface area contributed by atoms with Gasteiger partial charge in [-0.3, -0.25) is 0 Å². The van der Waals surface area contributed by atoms with E-state index in [4.69, 9.17) is 18.9 Å². The SMILES string of the molecule is COc1cc2c(cc1OC)-c1c3c(cc4c1[C@@H](C2)[NH+](C)CC4)OCO3. The summed E-state index contributed by atoms with van der Waals surface area (Å²) in [7, 11) is 5.65. The van der Waals surface area contributed by atoms with Crippen molar-refractivity contribution in [3.05, 3.63) is 34.9 Å². The Morgan fingerprint density at radius 2 is 1.84 bits per heavy atom. The molecule has 1 N–H and O–H groups in total. The summed E-state index contributed by atoms with van der Waals surface area (Å²) in [6.45, 7) is 1.43. The van der Waals surface area contributed by atoms with Gasteiger partial charge >= 0.3 is 0 Å². The zero-order valence-electron chi connectivity index (χ0n) is 14.8. The minimum atomic E-state index is 0.293.